The van der Waals surface area contributed by atoms with E-state index in [0.717, 1.165) is 17.5 Å². The Labute approximate surface area is 103 Å². The minimum atomic E-state index is 0.0455. The quantitative estimate of drug-likeness (QED) is 0.788. The van der Waals surface area contributed by atoms with Crippen molar-refractivity contribution in [2.75, 3.05) is 13.2 Å². The Bertz CT molecular complexity index is 363. The van der Waals surface area contributed by atoms with E-state index >= 15 is 0 Å². The number of hydrogen-bond donors (Lipinski definition) is 2. The van der Waals surface area contributed by atoms with Crippen LogP contribution in [0.15, 0.2) is 24.3 Å². The molecule has 1 aromatic rings. The molecule has 0 aliphatic heterocycles. The van der Waals surface area contributed by atoms with Gasteiger partial charge in [0.05, 0.1) is 6.42 Å². The Kier molecular flexibility index (Phi) is 5.70. The maximum Gasteiger partial charge on any atom is 0.224 e. The van der Waals surface area contributed by atoms with E-state index in [1.165, 1.54) is 0 Å². The van der Waals surface area contributed by atoms with E-state index < -0.39 is 0 Å². The summed E-state index contributed by atoms with van der Waals surface area (Å²) in [5.41, 5.74) is 2.21. The van der Waals surface area contributed by atoms with Gasteiger partial charge in [-0.2, -0.15) is 0 Å². The highest BCUT2D eigenvalue weighted by atomic mass is 16.3. The zero-order valence-electron chi connectivity index (χ0n) is 10.6. The normalized spacial score (nSPS) is 12.2. The Morgan fingerprint density at radius 3 is 2.76 bits per heavy atom. The lowest BCUT2D eigenvalue weighted by Gasteiger charge is -2.11. The average molecular weight is 235 g/mol. The maximum absolute atomic E-state index is 11.7. The first-order chi connectivity index (χ1) is 8.13. The molecule has 0 spiro atoms. The molecule has 0 bridgehead atoms. The third-order valence-corrected chi connectivity index (χ3v) is 2.88. The molecule has 0 fully saturated rings. The summed E-state index contributed by atoms with van der Waals surface area (Å²) in [7, 11) is 0. The summed E-state index contributed by atoms with van der Waals surface area (Å²) < 4.78 is 0. The molecule has 1 aromatic carbocycles. The molecular weight excluding hydrogens is 214 g/mol. The van der Waals surface area contributed by atoms with Crippen LogP contribution in [-0.4, -0.2) is 24.2 Å². The van der Waals surface area contributed by atoms with Crippen molar-refractivity contribution in [2.24, 2.45) is 5.92 Å². The number of amides is 1. The van der Waals surface area contributed by atoms with Gasteiger partial charge in [-0.25, -0.2) is 0 Å². The second kappa shape index (κ2) is 7.07. The van der Waals surface area contributed by atoms with Crippen molar-refractivity contribution in [1.82, 2.24) is 5.32 Å². The monoisotopic (exact) mass is 235 g/mol. The SMILES string of the molecule is Cc1ccccc1CC(=O)NCC(C)CCO. The fraction of sp³-hybridized carbons (Fsp3) is 0.500. The highest BCUT2D eigenvalue weighted by Crippen LogP contribution is 2.07. The highest BCUT2D eigenvalue weighted by molar-refractivity contribution is 5.78. The Hall–Kier alpha value is -1.35. The van der Waals surface area contributed by atoms with Gasteiger partial charge >= 0.3 is 0 Å². The average Bonchev–Trinajstić information content (AvgIpc) is 2.30. The number of aryl methyl sites for hydroxylation is 1. The number of carbonyl (C=O) groups is 1. The largest absolute Gasteiger partial charge is 0.396 e. The number of aliphatic hydroxyl groups is 1. The predicted molar refractivity (Wildman–Crippen MR) is 68.8 cm³/mol. The maximum atomic E-state index is 11.7. The molecule has 17 heavy (non-hydrogen) atoms. The molecule has 1 rings (SSSR count). The number of nitrogens with one attached hydrogen (secondary N) is 1. The molecule has 0 radical (unpaired) electrons. The van der Waals surface area contributed by atoms with Crippen LogP contribution in [0.25, 0.3) is 0 Å². The molecule has 0 aliphatic rings. The molecule has 2 N–H and O–H groups in total. The molecule has 1 amide bonds. The number of carbonyl (C=O) groups excluding carboxylic acids is 1. The minimum absolute atomic E-state index is 0.0455. The summed E-state index contributed by atoms with van der Waals surface area (Å²) in [6.45, 7) is 4.83. The van der Waals surface area contributed by atoms with Crippen LogP contribution in [0.2, 0.25) is 0 Å². The van der Waals surface area contributed by atoms with Crippen molar-refractivity contribution >= 4 is 5.91 Å². The first-order valence-electron chi connectivity index (χ1n) is 6.05. The van der Waals surface area contributed by atoms with Crippen LogP contribution in [0.3, 0.4) is 0 Å². The fourth-order valence-electron chi connectivity index (χ4n) is 1.65. The van der Waals surface area contributed by atoms with Gasteiger partial charge in [0.15, 0.2) is 0 Å². The highest BCUT2D eigenvalue weighted by Gasteiger charge is 2.07. The number of aliphatic hydroxyl groups excluding tert-OH is 1. The standard InChI is InChI=1S/C14H21NO2/c1-11(7-8-16)10-15-14(17)9-13-6-4-3-5-12(13)2/h3-6,11,16H,7-10H2,1-2H3,(H,15,17). The topological polar surface area (TPSA) is 49.3 Å². The molecule has 3 heteroatoms. The van der Waals surface area contributed by atoms with Gasteiger partial charge in [-0.15, -0.1) is 0 Å². The Balaban J connectivity index is 2.37. The lowest BCUT2D eigenvalue weighted by atomic mass is 10.1. The van der Waals surface area contributed by atoms with Gasteiger partial charge in [0.2, 0.25) is 5.91 Å². The fourth-order valence-corrected chi connectivity index (χ4v) is 1.65. The van der Waals surface area contributed by atoms with E-state index in [2.05, 4.69) is 5.32 Å². The van der Waals surface area contributed by atoms with Gasteiger partial charge in [0.25, 0.3) is 0 Å². The third kappa shape index (κ3) is 5.00. The minimum Gasteiger partial charge on any atom is -0.396 e. The summed E-state index contributed by atoms with van der Waals surface area (Å²) >= 11 is 0. The Morgan fingerprint density at radius 2 is 2.12 bits per heavy atom. The van der Waals surface area contributed by atoms with Crippen LogP contribution in [0.4, 0.5) is 0 Å². The lowest BCUT2D eigenvalue weighted by Crippen LogP contribution is -2.30. The second-order valence-electron chi connectivity index (χ2n) is 4.52. The molecule has 1 atom stereocenters. The van der Waals surface area contributed by atoms with Crippen molar-refractivity contribution in [3.05, 3.63) is 35.4 Å². The van der Waals surface area contributed by atoms with Crippen LogP contribution in [0.5, 0.6) is 0 Å². The molecule has 3 nitrogen and oxygen atoms in total. The van der Waals surface area contributed by atoms with Gasteiger partial charge < -0.3 is 10.4 Å². The van der Waals surface area contributed by atoms with Crippen molar-refractivity contribution in [3.8, 4) is 0 Å². The van der Waals surface area contributed by atoms with Crippen LogP contribution in [0.1, 0.15) is 24.5 Å². The van der Waals surface area contributed by atoms with Gasteiger partial charge in [-0.1, -0.05) is 31.2 Å². The summed E-state index contributed by atoms with van der Waals surface area (Å²) in [6.07, 6.45) is 1.16. The first kappa shape index (κ1) is 13.7. The second-order valence-corrected chi connectivity index (χ2v) is 4.52. The molecule has 0 saturated carbocycles. The van der Waals surface area contributed by atoms with E-state index in [1.54, 1.807) is 0 Å². The van der Waals surface area contributed by atoms with Crippen LogP contribution < -0.4 is 5.32 Å². The van der Waals surface area contributed by atoms with Crippen molar-refractivity contribution in [3.63, 3.8) is 0 Å². The summed E-state index contributed by atoms with van der Waals surface area (Å²) in [5, 5.41) is 11.7. The molecule has 0 heterocycles. The van der Waals surface area contributed by atoms with Crippen LogP contribution >= 0.6 is 0 Å². The lowest BCUT2D eigenvalue weighted by molar-refractivity contribution is -0.120. The van der Waals surface area contributed by atoms with E-state index in [4.69, 9.17) is 5.11 Å². The molecular formula is C14H21NO2. The van der Waals surface area contributed by atoms with E-state index in [1.807, 2.05) is 38.1 Å². The van der Waals surface area contributed by atoms with E-state index in [9.17, 15) is 4.79 Å². The summed E-state index contributed by atoms with van der Waals surface area (Å²) in [5.74, 6) is 0.366. The van der Waals surface area contributed by atoms with Crippen molar-refractivity contribution in [1.29, 1.82) is 0 Å². The molecule has 0 aliphatic carbocycles. The summed E-state index contributed by atoms with van der Waals surface area (Å²) in [4.78, 5) is 11.7. The van der Waals surface area contributed by atoms with E-state index in [-0.39, 0.29) is 12.5 Å². The van der Waals surface area contributed by atoms with Gasteiger partial charge in [-0.3, -0.25) is 4.79 Å². The van der Waals surface area contributed by atoms with Gasteiger partial charge in [0, 0.05) is 13.2 Å². The van der Waals surface area contributed by atoms with Crippen LogP contribution in [-0.2, 0) is 11.2 Å². The molecule has 0 saturated heterocycles. The third-order valence-electron chi connectivity index (χ3n) is 2.88. The van der Waals surface area contributed by atoms with Crippen molar-refractivity contribution < 1.29 is 9.90 Å². The van der Waals surface area contributed by atoms with E-state index in [0.29, 0.717) is 18.9 Å². The smallest absolute Gasteiger partial charge is 0.224 e. The zero-order valence-corrected chi connectivity index (χ0v) is 10.6. The Morgan fingerprint density at radius 1 is 1.41 bits per heavy atom. The number of benzene rings is 1. The van der Waals surface area contributed by atoms with Crippen molar-refractivity contribution in [2.45, 2.75) is 26.7 Å². The molecule has 0 aromatic heterocycles. The predicted octanol–water partition coefficient (Wildman–Crippen LogP) is 1.67. The first-order valence-corrected chi connectivity index (χ1v) is 6.05. The zero-order chi connectivity index (χ0) is 12.7. The summed E-state index contributed by atoms with van der Waals surface area (Å²) in [6, 6.07) is 7.91. The number of hydrogen-bond acceptors (Lipinski definition) is 2. The number of rotatable bonds is 6. The van der Waals surface area contributed by atoms with Gasteiger partial charge in [-0.05, 0) is 30.4 Å². The van der Waals surface area contributed by atoms with Gasteiger partial charge in [0.1, 0.15) is 0 Å². The van der Waals surface area contributed by atoms with Crippen LogP contribution in [0, 0.1) is 12.8 Å². The molecule has 1 unspecified atom stereocenters. The molecule has 94 valence electrons.